The Morgan fingerprint density at radius 1 is 1.54 bits per heavy atom. The van der Waals surface area contributed by atoms with E-state index in [0.717, 1.165) is 15.9 Å². The molecule has 70 valence electrons. The summed E-state index contributed by atoms with van der Waals surface area (Å²) in [5.74, 6) is 0.761. The molecule has 1 aromatic heterocycles. The van der Waals surface area contributed by atoms with Gasteiger partial charge in [-0.3, -0.25) is 0 Å². The number of aryl methyl sites for hydroxylation is 1. The molecule has 0 aliphatic heterocycles. The number of nitrogens with zero attached hydrogens (tertiary/aromatic N) is 3. The van der Waals surface area contributed by atoms with Crippen molar-refractivity contribution in [1.29, 1.82) is 0 Å². The Morgan fingerprint density at radius 2 is 2.23 bits per heavy atom. The normalized spacial score (nSPS) is 10.8. The molecule has 0 N–H and O–H groups in total. The van der Waals surface area contributed by atoms with Crippen molar-refractivity contribution in [2.75, 3.05) is 14.1 Å². The van der Waals surface area contributed by atoms with Crippen LogP contribution in [0.5, 0.6) is 0 Å². The minimum atomic E-state index is 0.761. The Morgan fingerprint density at radius 3 is 2.77 bits per heavy atom. The summed E-state index contributed by atoms with van der Waals surface area (Å²) in [7, 11) is 3.86. The quantitative estimate of drug-likeness (QED) is 0.588. The van der Waals surface area contributed by atoms with E-state index in [-0.39, 0.29) is 0 Å². The van der Waals surface area contributed by atoms with E-state index in [4.69, 9.17) is 0 Å². The van der Waals surface area contributed by atoms with E-state index in [0.29, 0.717) is 0 Å². The zero-order valence-corrected chi connectivity index (χ0v) is 9.54. The van der Waals surface area contributed by atoms with E-state index in [9.17, 15) is 0 Å². The van der Waals surface area contributed by atoms with Gasteiger partial charge in [0.1, 0.15) is 0 Å². The molecule has 0 atom stereocenters. The Labute approximate surface area is 86.6 Å². The van der Waals surface area contributed by atoms with Crippen LogP contribution in [0.15, 0.2) is 21.7 Å². The Hall–Kier alpha value is -0.900. The first kappa shape index (κ1) is 10.2. The molecule has 1 heterocycles. The fourth-order valence-corrected chi connectivity index (χ4v) is 1.28. The molecule has 0 fully saturated rings. The summed E-state index contributed by atoms with van der Waals surface area (Å²) >= 11 is 3.35. The highest BCUT2D eigenvalue weighted by Gasteiger charge is 1.97. The minimum absolute atomic E-state index is 0.761. The SMILES string of the molecule is Cc1cc(Br)cnc1/N=C/N(C)C. The van der Waals surface area contributed by atoms with Gasteiger partial charge in [-0.15, -0.1) is 0 Å². The van der Waals surface area contributed by atoms with Gasteiger partial charge in [0.15, 0.2) is 5.82 Å². The monoisotopic (exact) mass is 241 g/mol. The van der Waals surface area contributed by atoms with Crippen molar-refractivity contribution in [2.45, 2.75) is 6.92 Å². The summed E-state index contributed by atoms with van der Waals surface area (Å²) in [5.41, 5.74) is 1.06. The van der Waals surface area contributed by atoms with Crippen LogP contribution in [0.2, 0.25) is 0 Å². The molecule has 1 aromatic rings. The van der Waals surface area contributed by atoms with Gasteiger partial charge in [-0.1, -0.05) is 0 Å². The van der Waals surface area contributed by atoms with Crippen molar-refractivity contribution >= 4 is 28.1 Å². The van der Waals surface area contributed by atoms with Crippen LogP contribution in [-0.4, -0.2) is 30.3 Å². The molecule has 3 nitrogen and oxygen atoms in total. The summed E-state index contributed by atoms with van der Waals surface area (Å²) < 4.78 is 0.980. The first-order valence-corrected chi connectivity index (χ1v) is 4.71. The van der Waals surface area contributed by atoms with Gasteiger partial charge in [-0.2, -0.15) is 0 Å². The summed E-state index contributed by atoms with van der Waals surface area (Å²) in [6, 6.07) is 2.00. The third-order valence-corrected chi connectivity index (χ3v) is 1.86. The molecule has 0 bridgehead atoms. The number of aliphatic imine (C=N–C) groups is 1. The first-order valence-electron chi connectivity index (χ1n) is 3.92. The molecule has 13 heavy (non-hydrogen) atoms. The second-order valence-electron chi connectivity index (χ2n) is 3.00. The van der Waals surface area contributed by atoms with Gasteiger partial charge in [0.25, 0.3) is 0 Å². The summed E-state index contributed by atoms with van der Waals surface area (Å²) in [6.45, 7) is 1.99. The average molecular weight is 242 g/mol. The molecule has 0 aliphatic rings. The summed E-state index contributed by atoms with van der Waals surface area (Å²) in [4.78, 5) is 10.3. The molecule has 1 rings (SSSR count). The third-order valence-electron chi connectivity index (χ3n) is 1.43. The standard InChI is InChI=1S/C9H12BrN3/c1-7-4-8(10)5-11-9(7)12-6-13(2)3/h4-6H,1-3H3/b12-6+. The predicted molar refractivity (Wildman–Crippen MR) is 58.5 cm³/mol. The van der Waals surface area contributed by atoms with Crippen molar-refractivity contribution in [2.24, 2.45) is 4.99 Å². The van der Waals surface area contributed by atoms with Crippen LogP contribution in [-0.2, 0) is 0 Å². The topological polar surface area (TPSA) is 28.5 Å². The lowest BCUT2D eigenvalue weighted by molar-refractivity contribution is 0.643. The molecular formula is C9H12BrN3. The fourth-order valence-electron chi connectivity index (χ4n) is 0.839. The van der Waals surface area contributed by atoms with E-state index in [1.54, 1.807) is 12.5 Å². The molecule has 0 saturated heterocycles. The molecule has 0 saturated carbocycles. The van der Waals surface area contributed by atoms with Crippen LogP contribution in [0.1, 0.15) is 5.56 Å². The lowest BCUT2D eigenvalue weighted by atomic mass is 10.3. The smallest absolute Gasteiger partial charge is 0.156 e. The number of hydrogen-bond acceptors (Lipinski definition) is 2. The third kappa shape index (κ3) is 3.14. The van der Waals surface area contributed by atoms with E-state index in [1.165, 1.54) is 0 Å². The van der Waals surface area contributed by atoms with Crippen molar-refractivity contribution in [3.63, 3.8) is 0 Å². The van der Waals surface area contributed by atoms with Crippen LogP contribution in [0.25, 0.3) is 0 Å². The maximum Gasteiger partial charge on any atom is 0.156 e. The molecule has 0 radical (unpaired) electrons. The molecule has 0 amide bonds. The Kier molecular flexibility index (Phi) is 3.42. The maximum atomic E-state index is 4.22. The Bertz CT molecular complexity index is 321. The van der Waals surface area contributed by atoms with Crippen molar-refractivity contribution in [3.05, 3.63) is 22.3 Å². The predicted octanol–water partition coefficient (Wildman–Crippen LogP) is 2.37. The van der Waals surface area contributed by atoms with Crippen LogP contribution in [0.4, 0.5) is 5.82 Å². The molecule has 0 aromatic carbocycles. The maximum absolute atomic E-state index is 4.22. The van der Waals surface area contributed by atoms with Crippen molar-refractivity contribution in [3.8, 4) is 0 Å². The van der Waals surface area contributed by atoms with Crippen molar-refractivity contribution < 1.29 is 0 Å². The Balaban J connectivity index is 2.90. The zero-order chi connectivity index (χ0) is 9.84. The molecule has 0 spiro atoms. The molecule has 0 aliphatic carbocycles. The zero-order valence-electron chi connectivity index (χ0n) is 7.95. The lowest BCUT2D eigenvalue weighted by Gasteiger charge is -2.03. The molecular weight excluding hydrogens is 230 g/mol. The fraction of sp³-hybridized carbons (Fsp3) is 0.333. The lowest BCUT2D eigenvalue weighted by Crippen LogP contribution is -2.07. The second-order valence-corrected chi connectivity index (χ2v) is 3.92. The number of aromatic nitrogens is 1. The van der Waals surface area contributed by atoms with Gasteiger partial charge in [0.2, 0.25) is 0 Å². The largest absolute Gasteiger partial charge is 0.369 e. The van der Waals surface area contributed by atoms with Gasteiger partial charge < -0.3 is 4.90 Å². The average Bonchev–Trinajstić information content (AvgIpc) is 2.02. The minimum Gasteiger partial charge on any atom is -0.369 e. The molecule has 4 heteroatoms. The molecule has 0 unspecified atom stereocenters. The highest BCUT2D eigenvalue weighted by atomic mass is 79.9. The van der Waals surface area contributed by atoms with Gasteiger partial charge >= 0.3 is 0 Å². The van der Waals surface area contributed by atoms with E-state index < -0.39 is 0 Å². The summed E-state index contributed by atoms with van der Waals surface area (Å²) in [5, 5.41) is 0. The van der Waals surface area contributed by atoms with Crippen LogP contribution in [0.3, 0.4) is 0 Å². The van der Waals surface area contributed by atoms with Gasteiger partial charge in [0.05, 0.1) is 6.34 Å². The first-order chi connectivity index (χ1) is 6.09. The van der Waals surface area contributed by atoms with Gasteiger partial charge in [-0.25, -0.2) is 9.98 Å². The summed E-state index contributed by atoms with van der Waals surface area (Å²) in [6.07, 6.45) is 3.48. The highest BCUT2D eigenvalue weighted by molar-refractivity contribution is 9.10. The number of pyridine rings is 1. The van der Waals surface area contributed by atoms with Crippen LogP contribution < -0.4 is 0 Å². The van der Waals surface area contributed by atoms with Crippen LogP contribution in [0, 0.1) is 6.92 Å². The van der Waals surface area contributed by atoms with E-state index in [1.807, 2.05) is 32.0 Å². The number of halogens is 1. The second kappa shape index (κ2) is 4.37. The van der Waals surface area contributed by atoms with Gasteiger partial charge in [-0.05, 0) is 34.5 Å². The number of rotatable bonds is 2. The number of hydrogen-bond donors (Lipinski definition) is 0. The highest BCUT2D eigenvalue weighted by Crippen LogP contribution is 2.18. The van der Waals surface area contributed by atoms with E-state index in [2.05, 4.69) is 25.9 Å². The van der Waals surface area contributed by atoms with Gasteiger partial charge in [0, 0.05) is 24.8 Å². The van der Waals surface area contributed by atoms with E-state index >= 15 is 0 Å². The van der Waals surface area contributed by atoms with Crippen LogP contribution >= 0.6 is 15.9 Å². The van der Waals surface area contributed by atoms with Crippen molar-refractivity contribution in [1.82, 2.24) is 9.88 Å².